The van der Waals surface area contributed by atoms with Gasteiger partial charge < -0.3 is 14.2 Å². The Bertz CT molecular complexity index is 750. The molecule has 132 valence electrons. The number of nitrogens with zero attached hydrogens (tertiary/aromatic N) is 1. The van der Waals surface area contributed by atoms with E-state index in [0.29, 0.717) is 23.1 Å². The average Bonchev–Trinajstić information content (AvgIpc) is 2.62. The second kappa shape index (κ2) is 9.54. The molecule has 25 heavy (non-hydrogen) atoms. The summed E-state index contributed by atoms with van der Waals surface area (Å²) in [6, 6.07) is 12.8. The van der Waals surface area contributed by atoms with Gasteiger partial charge in [-0.15, -0.1) is 0 Å². The Labute approximate surface area is 151 Å². The molecule has 6 nitrogen and oxygen atoms in total. The molecule has 0 fully saturated rings. The molecular formula is C18H19ClN2O4. The van der Waals surface area contributed by atoms with Crippen LogP contribution in [-0.4, -0.2) is 26.0 Å². The lowest BCUT2D eigenvalue weighted by atomic mass is 10.2. The molecule has 2 aromatic rings. The molecule has 7 heteroatoms. The third-order valence-corrected chi connectivity index (χ3v) is 3.54. The highest BCUT2D eigenvalue weighted by atomic mass is 35.5. The van der Waals surface area contributed by atoms with Gasteiger partial charge in [0.25, 0.3) is 0 Å². The van der Waals surface area contributed by atoms with Crippen molar-refractivity contribution in [3.8, 4) is 11.5 Å². The van der Waals surface area contributed by atoms with Crippen LogP contribution in [-0.2, 0) is 11.3 Å². The SMILES string of the molecule is CCOC(=O)N/N=C\c1ccc(OCc2ccccc2Cl)c(OC)c1. The second-order valence-electron chi connectivity index (χ2n) is 4.88. The number of carbonyl (C=O) groups excluding carboxylic acids is 1. The number of methoxy groups -OCH3 is 1. The first kappa shape index (κ1) is 18.6. The number of benzene rings is 2. The molecule has 1 amide bonds. The smallest absolute Gasteiger partial charge is 0.427 e. The van der Waals surface area contributed by atoms with Crippen molar-refractivity contribution in [3.63, 3.8) is 0 Å². The Kier molecular flexibility index (Phi) is 7.10. The summed E-state index contributed by atoms with van der Waals surface area (Å²) in [6.07, 6.45) is 0.877. The average molecular weight is 363 g/mol. The van der Waals surface area contributed by atoms with E-state index >= 15 is 0 Å². The minimum absolute atomic E-state index is 0.284. The highest BCUT2D eigenvalue weighted by molar-refractivity contribution is 6.31. The summed E-state index contributed by atoms with van der Waals surface area (Å²) in [6.45, 7) is 2.33. The summed E-state index contributed by atoms with van der Waals surface area (Å²) in [5.74, 6) is 1.13. The van der Waals surface area contributed by atoms with Crippen molar-refractivity contribution in [2.75, 3.05) is 13.7 Å². The van der Waals surface area contributed by atoms with Crippen LogP contribution in [0.1, 0.15) is 18.1 Å². The molecule has 1 N–H and O–H groups in total. The molecule has 0 aliphatic carbocycles. The van der Waals surface area contributed by atoms with Crippen molar-refractivity contribution >= 4 is 23.9 Å². The van der Waals surface area contributed by atoms with E-state index < -0.39 is 6.09 Å². The Hall–Kier alpha value is -2.73. The van der Waals surface area contributed by atoms with E-state index in [-0.39, 0.29) is 6.61 Å². The molecular weight excluding hydrogens is 344 g/mol. The maximum absolute atomic E-state index is 11.2. The number of amides is 1. The van der Waals surface area contributed by atoms with Crippen LogP contribution in [0.4, 0.5) is 4.79 Å². The fourth-order valence-corrected chi connectivity index (χ4v) is 2.17. The lowest BCUT2D eigenvalue weighted by molar-refractivity contribution is 0.152. The van der Waals surface area contributed by atoms with Crippen molar-refractivity contribution < 1.29 is 19.0 Å². The van der Waals surface area contributed by atoms with Gasteiger partial charge in [0.1, 0.15) is 6.61 Å². The van der Waals surface area contributed by atoms with Crippen LogP contribution in [0, 0.1) is 0 Å². The minimum Gasteiger partial charge on any atom is -0.493 e. The fraction of sp³-hybridized carbons (Fsp3) is 0.222. The zero-order chi connectivity index (χ0) is 18.1. The van der Waals surface area contributed by atoms with Gasteiger partial charge in [0.2, 0.25) is 0 Å². The van der Waals surface area contributed by atoms with Crippen LogP contribution in [0.25, 0.3) is 0 Å². The van der Waals surface area contributed by atoms with Crippen molar-refractivity contribution in [2.24, 2.45) is 5.10 Å². The summed E-state index contributed by atoms with van der Waals surface area (Å²) < 4.78 is 15.8. The van der Waals surface area contributed by atoms with Gasteiger partial charge >= 0.3 is 6.09 Å². The first-order valence-electron chi connectivity index (χ1n) is 7.64. The van der Waals surface area contributed by atoms with Gasteiger partial charge in [-0.2, -0.15) is 5.10 Å². The molecule has 0 saturated heterocycles. The first-order valence-corrected chi connectivity index (χ1v) is 8.02. The van der Waals surface area contributed by atoms with Gasteiger partial charge in [-0.25, -0.2) is 10.2 Å². The molecule has 0 atom stereocenters. The Balaban J connectivity index is 2.02. The summed E-state index contributed by atoms with van der Waals surface area (Å²) in [7, 11) is 1.55. The van der Waals surface area contributed by atoms with Crippen LogP contribution in [0.15, 0.2) is 47.6 Å². The van der Waals surface area contributed by atoms with Crippen LogP contribution in [0.3, 0.4) is 0 Å². The molecule has 0 bridgehead atoms. The molecule has 2 aromatic carbocycles. The van der Waals surface area contributed by atoms with Crippen LogP contribution >= 0.6 is 11.6 Å². The van der Waals surface area contributed by atoms with Gasteiger partial charge in [0.15, 0.2) is 11.5 Å². The molecule has 0 aromatic heterocycles. The summed E-state index contributed by atoms with van der Waals surface area (Å²) >= 11 is 6.12. The highest BCUT2D eigenvalue weighted by Gasteiger charge is 2.07. The molecule has 0 aliphatic rings. The molecule has 0 heterocycles. The number of hydrogen-bond donors (Lipinski definition) is 1. The summed E-state index contributed by atoms with van der Waals surface area (Å²) in [5.41, 5.74) is 3.88. The summed E-state index contributed by atoms with van der Waals surface area (Å²) in [4.78, 5) is 11.2. The molecule has 0 spiro atoms. The lowest BCUT2D eigenvalue weighted by Gasteiger charge is -2.12. The largest absolute Gasteiger partial charge is 0.493 e. The zero-order valence-corrected chi connectivity index (χ0v) is 14.7. The number of hydrogen-bond acceptors (Lipinski definition) is 5. The number of carbonyl (C=O) groups is 1. The van der Waals surface area contributed by atoms with E-state index in [2.05, 4.69) is 10.5 Å². The predicted molar refractivity (Wildman–Crippen MR) is 96.5 cm³/mol. The molecule has 0 unspecified atom stereocenters. The van der Waals surface area contributed by atoms with Crippen molar-refractivity contribution in [3.05, 3.63) is 58.6 Å². The molecule has 2 rings (SSSR count). The van der Waals surface area contributed by atoms with Crippen molar-refractivity contribution in [1.29, 1.82) is 0 Å². The standard InChI is InChI=1S/C18H19ClN2O4/c1-3-24-18(22)21-20-11-13-8-9-16(17(10-13)23-2)25-12-14-6-4-5-7-15(14)19/h4-11H,3,12H2,1-2H3,(H,21,22)/b20-11-. The molecule has 0 aliphatic heterocycles. The monoisotopic (exact) mass is 362 g/mol. The Morgan fingerprint density at radius 1 is 1.24 bits per heavy atom. The molecule has 0 radical (unpaired) electrons. The highest BCUT2D eigenvalue weighted by Crippen LogP contribution is 2.29. The minimum atomic E-state index is -0.606. The number of rotatable bonds is 7. The zero-order valence-electron chi connectivity index (χ0n) is 14.0. The number of halogens is 1. The molecule has 0 saturated carbocycles. The van der Waals surface area contributed by atoms with E-state index in [9.17, 15) is 4.79 Å². The quantitative estimate of drug-likeness (QED) is 0.597. The Morgan fingerprint density at radius 3 is 2.76 bits per heavy atom. The van der Waals surface area contributed by atoms with Gasteiger partial charge in [-0.05, 0) is 36.8 Å². The van der Waals surface area contributed by atoms with Gasteiger partial charge in [0.05, 0.1) is 19.9 Å². The van der Waals surface area contributed by atoms with Crippen molar-refractivity contribution in [2.45, 2.75) is 13.5 Å². The van der Waals surface area contributed by atoms with E-state index in [1.165, 1.54) is 6.21 Å². The first-order chi connectivity index (χ1) is 12.1. The maximum atomic E-state index is 11.2. The number of nitrogens with one attached hydrogen (secondary N) is 1. The van der Waals surface area contributed by atoms with Crippen LogP contribution in [0.5, 0.6) is 11.5 Å². The third kappa shape index (κ3) is 5.69. The van der Waals surface area contributed by atoms with E-state index in [1.807, 2.05) is 24.3 Å². The van der Waals surface area contributed by atoms with Gasteiger partial charge in [0, 0.05) is 10.6 Å². The van der Waals surface area contributed by atoms with E-state index in [4.69, 9.17) is 25.8 Å². The van der Waals surface area contributed by atoms with Crippen LogP contribution < -0.4 is 14.9 Å². The second-order valence-corrected chi connectivity index (χ2v) is 5.29. The third-order valence-electron chi connectivity index (χ3n) is 3.17. The lowest BCUT2D eigenvalue weighted by Crippen LogP contribution is -2.18. The van der Waals surface area contributed by atoms with E-state index in [1.54, 1.807) is 32.2 Å². The normalized spacial score (nSPS) is 10.5. The summed E-state index contributed by atoms with van der Waals surface area (Å²) in [5, 5.41) is 4.46. The van der Waals surface area contributed by atoms with Crippen LogP contribution in [0.2, 0.25) is 5.02 Å². The number of hydrazone groups is 1. The van der Waals surface area contributed by atoms with Gasteiger partial charge in [-0.1, -0.05) is 29.8 Å². The van der Waals surface area contributed by atoms with Gasteiger partial charge in [-0.3, -0.25) is 0 Å². The number of ether oxygens (including phenoxy) is 3. The topological polar surface area (TPSA) is 69.2 Å². The fourth-order valence-electron chi connectivity index (χ4n) is 1.98. The predicted octanol–water partition coefficient (Wildman–Crippen LogP) is 4.01. The Morgan fingerprint density at radius 2 is 2.04 bits per heavy atom. The van der Waals surface area contributed by atoms with E-state index in [0.717, 1.165) is 11.1 Å². The van der Waals surface area contributed by atoms with Crippen molar-refractivity contribution in [1.82, 2.24) is 5.43 Å². The maximum Gasteiger partial charge on any atom is 0.427 e.